The van der Waals surface area contributed by atoms with E-state index in [4.69, 9.17) is 13.3 Å². The van der Waals surface area contributed by atoms with Crippen molar-refractivity contribution in [3.63, 3.8) is 0 Å². The fourth-order valence-electron chi connectivity index (χ4n) is 1.84. The van der Waals surface area contributed by atoms with E-state index in [2.05, 4.69) is 18.8 Å². The van der Waals surface area contributed by atoms with Crippen LogP contribution in [0.25, 0.3) is 0 Å². The van der Waals surface area contributed by atoms with Gasteiger partial charge in [-0.25, -0.2) is 0 Å². The van der Waals surface area contributed by atoms with Gasteiger partial charge in [-0.05, 0) is 47.0 Å². The van der Waals surface area contributed by atoms with Crippen LogP contribution in [0.4, 0.5) is 0 Å². The van der Waals surface area contributed by atoms with Gasteiger partial charge in [0.25, 0.3) is 0 Å². The van der Waals surface area contributed by atoms with E-state index in [1.165, 1.54) is 5.71 Å². The normalized spacial score (nSPS) is 13.0. The van der Waals surface area contributed by atoms with Crippen molar-refractivity contribution in [2.24, 2.45) is 4.99 Å². The highest BCUT2D eigenvalue weighted by molar-refractivity contribution is 6.60. The minimum Gasteiger partial charge on any atom is -0.374 e. The molecule has 0 spiro atoms. The Kier molecular flexibility index (Phi) is 11.4. The number of hydrogen-bond acceptors (Lipinski definition) is 4. The lowest BCUT2D eigenvalue weighted by Gasteiger charge is -2.28. The van der Waals surface area contributed by atoms with Gasteiger partial charge in [-0.2, -0.15) is 0 Å². The molecule has 0 atom stereocenters. The molecule has 0 aliphatic rings. The third-order valence-corrected chi connectivity index (χ3v) is 6.03. The lowest BCUT2D eigenvalue weighted by molar-refractivity contribution is 0.0707. The van der Waals surface area contributed by atoms with E-state index in [1.807, 2.05) is 20.8 Å². The van der Waals surface area contributed by atoms with Crippen LogP contribution in [0.3, 0.4) is 0 Å². The molecule has 19 heavy (non-hydrogen) atoms. The van der Waals surface area contributed by atoms with Gasteiger partial charge in [0.1, 0.15) is 0 Å². The Hall–Kier alpha value is -0.233. The molecule has 5 heteroatoms. The molecule has 0 N–H and O–H groups in total. The topological polar surface area (TPSA) is 40.0 Å². The zero-order valence-corrected chi connectivity index (χ0v) is 14.3. The van der Waals surface area contributed by atoms with Gasteiger partial charge in [-0.1, -0.05) is 6.92 Å². The highest BCUT2D eigenvalue weighted by atomic mass is 28.4. The van der Waals surface area contributed by atoms with Crippen LogP contribution in [0.1, 0.15) is 53.9 Å². The quantitative estimate of drug-likeness (QED) is 0.312. The minimum absolute atomic E-state index is 0.652. The van der Waals surface area contributed by atoms with Crippen LogP contribution in [0.2, 0.25) is 6.04 Å². The highest BCUT2D eigenvalue weighted by Gasteiger charge is 2.39. The molecule has 0 amide bonds. The minimum atomic E-state index is -2.43. The smallest absolute Gasteiger partial charge is 0.374 e. The van der Waals surface area contributed by atoms with Gasteiger partial charge in [-0.15, -0.1) is 0 Å². The fourth-order valence-corrected chi connectivity index (χ4v) is 4.52. The molecule has 0 aliphatic carbocycles. The molecule has 0 aromatic carbocycles. The van der Waals surface area contributed by atoms with Crippen LogP contribution in [0.5, 0.6) is 0 Å². The summed E-state index contributed by atoms with van der Waals surface area (Å²) in [6.45, 7) is 13.1. The fraction of sp³-hybridized carbons (Fsp3) is 0.929. The van der Waals surface area contributed by atoms with Crippen LogP contribution < -0.4 is 0 Å². The first-order valence-electron chi connectivity index (χ1n) is 7.55. The predicted octanol–water partition coefficient (Wildman–Crippen LogP) is 3.69. The summed E-state index contributed by atoms with van der Waals surface area (Å²) < 4.78 is 17.5. The summed E-state index contributed by atoms with van der Waals surface area (Å²) in [6.07, 6.45) is 3.15. The average molecular weight is 289 g/mol. The molecule has 0 heterocycles. The number of unbranched alkanes of at least 4 members (excludes halogenated alkanes) is 1. The van der Waals surface area contributed by atoms with Crippen LogP contribution in [0, 0.1) is 0 Å². The van der Waals surface area contributed by atoms with Crippen molar-refractivity contribution in [3.05, 3.63) is 0 Å². The highest BCUT2D eigenvalue weighted by Crippen LogP contribution is 2.19. The molecule has 0 saturated heterocycles. The largest absolute Gasteiger partial charge is 0.500 e. The van der Waals surface area contributed by atoms with E-state index in [0.717, 1.165) is 31.9 Å². The van der Waals surface area contributed by atoms with Crippen molar-refractivity contribution in [2.45, 2.75) is 59.9 Å². The van der Waals surface area contributed by atoms with E-state index in [1.54, 1.807) is 0 Å². The number of nitrogens with zero attached hydrogens (tertiary/aromatic N) is 1. The van der Waals surface area contributed by atoms with Gasteiger partial charge in [-0.3, -0.25) is 4.99 Å². The summed E-state index contributed by atoms with van der Waals surface area (Å²) in [5.74, 6) is 0. The molecule has 0 unspecified atom stereocenters. The Morgan fingerprint density at radius 3 is 1.84 bits per heavy atom. The maximum atomic E-state index is 5.82. The number of aliphatic imine (C=N–C) groups is 1. The first-order valence-corrected chi connectivity index (χ1v) is 9.49. The maximum Gasteiger partial charge on any atom is 0.500 e. The second kappa shape index (κ2) is 11.6. The average Bonchev–Trinajstić information content (AvgIpc) is 2.39. The van der Waals surface area contributed by atoms with Crippen molar-refractivity contribution < 1.29 is 13.3 Å². The molecular formula is C14H31NO3Si. The van der Waals surface area contributed by atoms with E-state index in [0.29, 0.717) is 19.8 Å². The van der Waals surface area contributed by atoms with Crippen LogP contribution in [0.15, 0.2) is 4.99 Å². The van der Waals surface area contributed by atoms with Crippen molar-refractivity contribution in [1.29, 1.82) is 0 Å². The summed E-state index contributed by atoms with van der Waals surface area (Å²) >= 11 is 0. The molecular weight excluding hydrogens is 258 g/mol. The van der Waals surface area contributed by atoms with Gasteiger partial charge >= 0.3 is 8.80 Å². The molecule has 0 aromatic rings. The summed E-state index contributed by atoms with van der Waals surface area (Å²) in [5, 5.41) is 0. The summed E-state index contributed by atoms with van der Waals surface area (Å²) in [4.78, 5) is 4.51. The van der Waals surface area contributed by atoms with Gasteiger partial charge in [0.2, 0.25) is 0 Å². The first-order chi connectivity index (χ1) is 9.14. The third kappa shape index (κ3) is 8.52. The van der Waals surface area contributed by atoms with E-state index >= 15 is 0 Å². The van der Waals surface area contributed by atoms with Gasteiger partial charge in [0.15, 0.2) is 0 Å². The van der Waals surface area contributed by atoms with E-state index in [9.17, 15) is 0 Å². The van der Waals surface area contributed by atoms with Gasteiger partial charge in [0.05, 0.1) is 0 Å². The lowest BCUT2D eigenvalue weighted by Crippen LogP contribution is -2.45. The second-order valence-corrected chi connectivity index (χ2v) is 7.14. The molecule has 0 bridgehead atoms. The second-order valence-electron chi connectivity index (χ2n) is 4.41. The molecule has 0 fully saturated rings. The molecule has 114 valence electrons. The first kappa shape index (κ1) is 18.8. The Labute approximate surface area is 119 Å². The SMILES string of the molecule is CCO[Si](CCCCN=C(C)CC)(OCC)OCC. The van der Waals surface area contributed by atoms with Crippen LogP contribution in [-0.4, -0.2) is 40.9 Å². The monoisotopic (exact) mass is 289 g/mol. The van der Waals surface area contributed by atoms with Gasteiger partial charge in [0, 0.05) is 38.1 Å². The zero-order valence-electron chi connectivity index (χ0n) is 13.3. The number of hydrogen-bond donors (Lipinski definition) is 0. The molecule has 4 nitrogen and oxygen atoms in total. The van der Waals surface area contributed by atoms with Crippen molar-refractivity contribution >= 4 is 14.5 Å². The van der Waals surface area contributed by atoms with Crippen LogP contribution in [-0.2, 0) is 13.3 Å². The molecule has 0 rings (SSSR count). The number of rotatable bonds is 12. The molecule has 0 radical (unpaired) electrons. The summed E-state index contributed by atoms with van der Waals surface area (Å²) in [5.41, 5.74) is 1.22. The summed E-state index contributed by atoms with van der Waals surface area (Å²) in [6, 6.07) is 0.892. The van der Waals surface area contributed by atoms with Crippen LogP contribution >= 0.6 is 0 Å². The van der Waals surface area contributed by atoms with Crippen molar-refractivity contribution in [1.82, 2.24) is 0 Å². The third-order valence-electron chi connectivity index (χ3n) is 2.88. The Balaban J connectivity index is 4.17. The lowest BCUT2D eigenvalue weighted by atomic mass is 10.3. The standard InChI is InChI=1S/C14H31NO3Si/c1-6-14(5)15-12-10-11-13-19(16-7-2,17-8-3)18-9-4/h6-13H2,1-5H3. The van der Waals surface area contributed by atoms with Crippen molar-refractivity contribution in [3.8, 4) is 0 Å². The molecule has 0 aliphatic heterocycles. The Morgan fingerprint density at radius 1 is 0.895 bits per heavy atom. The van der Waals surface area contributed by atoms with E-state index < -0.39 is 8.80 Å². The molecule has 0 aromatic heterocycles. The maximum absolute atomic E-state index is 5.82. The Morgan fingerprint density at radius 2 is 1.42 bits per heavy atom. The van der Waals surface area contributed by atoms with Gasteiger partial charge < -0.3 is 13.3 Å². The Bertz CT molecular complexity index is 230. The van der Waals surface area contributed by atoms with Crippen molar-refractivity contribution in [2.75, 3.05) is 26.4 Å². The zero-order chi connectivity index (χ0) is 14.6. The van der Waals surface area contributed by atoms with E-state index in [-0.39, 0.29) is 0 Å². The predicted molar refractivity (Wildman–Crippen MR) is 82.9 cm³/mol. The summed E-state index contributed by atoms with van der Waals surface area (Å²) in [7, 11) is -2.43. The molecule has 0 saturated carbocycles.